The number of nitrogen functional groups attached to an aromatic ring is 1. The molecule has 2 N–H and O–H groups in total. The van der Waals surface area contributed by atoms with Gasteiger partial charge in [0, 0.05) is 5.69 Å². The number of esters is 2. The van der Waals surface area contributed by atoms with E-state index in [1.165, 1.54) is 54.6 Å². The van der Waals surface area contributed by atoms with Crippen LogP contribution in [0.2, 0.25) is 0 Å². The largest absolute Gasteiger partial charge is 3.00 e. The van der Waals surface area contributed by atoms with Crippen LogP contribution < -0.4 is 15.7 Å². The predicted molar refractivity (Wildman–Crippen MR) is 134 cm³/mol. The van der Waals surface area contributed by atoms with Gasteiger partial charge in [0.25, 0.3) is 0 Å². The fraction of sp³-hybridized carbons (Fsp3) is 0.154. The van der Waals surface area contributed by atoms with Crippen LogP contribution in [0.15, 0.2) is 30.3 Å². The maximum absolute atomic E-state index is 12.8. The quantitative estimate of drug-likeness (QED) is 0.167. The second-order valence-electron chi connectivity index (χ2n) is 8.63. The molecule has 0 atom stereocenters. The van der Waals surface area contributed by atoms with Crippen molar-refractivity contribution in [2.45, 2.75) is 12.4 Å². The number of ether oxygens (including phenoxy) is 2. The average Bonchev–Trinajstić information content (AvgIpc) is 3.69. The topological polar surface area (TPSA) is 133 Å². The molecule has 16 heteroatoms. The van der Waals surface area contributed by atoms with Gasteiger partial charge in [-0.25, -0.2) is 19.6 Å². The minimum atomic E-state index is -4.77. The number of carbonyl (C=O) groups excluding carboxylic acids is 2. The molecule has 0 radical (unpaired) electrons. The standard InChI is InChI=1S/C26H16F6N5O4.Mn/c27-25(28,29)10-40-23(38)20-14-3-1-12(34-14)9-13-2-4-15(35-13)21(24(39)41-11-26(30,31)32)17-6-8-19(37-17)22(33)18-7-5-16(20)36-18;/h1-9H,10-11H2,(H3-,33,34,35,36,37,38,39);/q-1;+3/p-1. The monoisotopic (exact) mass is 630 g/mol. The van der Waals surface area contributed by atoms with Gasteiger partial charge >= 0.3 is 41.4 Å². The zero-order valence-electron chi connectivity index (χ0n) is 20.8. The Morgan fingerprint density at radius 1 is 0.714 bits per heavy atom. The van der Waals surface area contributed by atoms with Gasteiger partial charge in [-0.3, -0.25) is 0 Å². The fourth-order valence-corrected chi connectivity index (χ4v) is 3.90. The number of nitrogens with two attached hydrogens (primary N) is 1. The molecule has 8 bridgehead atoms. The normalized spacial score (nSPS) is 12.6. The Kier molecular flexibility index (Phi) is 8.23. The molecule has 0 saturated heterocycles. The third-order valence-electron chi connectivity index (χ3n) is 5.62. The Bertz CT molecular complexity index is 1760. The van der Waals surface area contributed by atoms with Gasteiger partial charge < -0.3 is 25.2 Å². The Hall–Kier alpha value is -4.56. The molecule has 9 nitrogen and oxygen atoms in total. The number of hydrogen-bond acceptors (Lipinski definition) is 7. The Morgan fingerprint density at radius 2 is 1.21 bits per heavy atom. The number of nitrogens with zero attached hydrogens (tertiary/aromatic N) is 4. The summed E-state index contributed by atoms with van der Waals surface area (Å²) in [5, 5.41) is 0. The van der Waals surface area contributed by atoms with Crippen molar-refractivity contribution in [2.75, 3.05) is 18.9 Å². The van der Waals surface area contributed by atoms with Crippen molar-refractivity contribution in [2.24, 2.45) is 0 Å². The number of rotatable bonds is 4. The first kappa shape index (κ1) is 30.4. The van der Waals surface area contributed by atoms with E-state index in [1.54, 1.807) is 0 Å². The maximum atomic E-state index is 12.8. The second kappa shape index (κ2) is 11.4. The number of aromatic nitrogens is 4. The van der Waals surface area contributed by atoms with Crippen LogP contribution >= 0.6 is 0 Å². The summed E-state index contributed by atoms with van der Waals surface area (Å²) in [5.74, 6) is -2.65. The summed E-state index contributed by atoms with van der Waals surface area (Å²) in [5.41, 5.74) is 5.70. The molecule has 0 fully saturated rings. The Labute approximate surface area is 241 Å². The molecule has 0 spiro atoms. The van der Waals surface area contributed by atoms with Crippen molar-refractivity contribution in [3.05, 3.63) is 64.2 Å². The molecule has 0 aromatic carbocycles. The molecule has 2 aliphatic rings. The molecule has 0 unspecified atom stereocenters. The molecule has 0 saturated carbocycles. The molecular weight excluding hydrogens is 615 g/mol. The summed E-state index contributed by atoms with van der Waals surface area (Å²) < 4.78 is 85.4. The van der Waals surface area contributed by atoms with Crippen LogP contribution in [-0.4, -0.2) is 47.5 Å². The van der Waals surface area contributed by atoms with Gasteiger partial charge in [0.1, 0.15) is 0 Å². The van der Waals surface area contributed by atoms with Crippen LogP contribution in [0.5, 0.6) is 0 Å². The van der Waals surface area contributed by atoms with Gasteiger partial charge in [0.15, 0.2) is 13.2 Å². The Balaban J connectivity index is 0.00000405. The van der Waals surface area contributed by atoms with Crippen LogP contribution in [0.3, 0.4) is 0 Å². The van der Waals surface area contributed by atoms with Crippen LogP contribution in [-0.2, 0) is 26.5 Å². The summed E-state index contributed by atoms with van der Waals surface area (Å²) in [7, 11) is 0. The van der Waals surface area contributed by atoms with E-state index in [-0.39, 0.29) is 78.7 Å². The van der Waals surface area contributed by atoms with Crippen LogP contribution in [0.25, 0.3) is 46.4 Å². The van der Waals surface area contributed by atoms with E-state index in [1.807, 2.05) is 0 Å². The number of halogens is 6. The maximum Gasteiger partial charge on any atom is 3.00 e. The van der Waals surface area contributed by atoms with Gasteiger partial charge in [-0.05, 0) is 24.3 Å². The summed E-state index contributed by atoms with van der Waals surface area (Å²) in [6, 6.07) is 6.90. The zero-order chi connectivity index (χ0) is 29.5. The molecule has 3 aromatic heterocycles. The van der Waals surface area contributed by atoms with Crippen molar-refractivity contribution in [1.82, 2.24) is 19.9 Å². The molecule has 42 heavy (non-hydrogen) atoms. The average molecular weight is 630 g/mol. The van der Waals surface area contributed by atoms with Crippen LogP contribution in [0.4, 0.5) is 32.0 Å². The van der Waals surface area contributed by atoms with Crippen molar-refractivity contribution >= 4 is 64.0 Å². The molecule has 0 aliphatic carbocycles. The van der Waals surface area contributed by atoms with Crippen molar-refractivity contribution in [1.29, 1.82) is 0 Å². The predicted octanol–water partition coefficient (Wildman–Crippen LogP) is 4.93. The summed E-state index contributed by atoms with van der Waals surface area (Å²) in [6.07, 6.45) is -4.05. The molecular formula is C26H15F6MnN5O4+. The number of anilines is 1. The summed E-state index contributed by atoms with van der Waals surface area (Å²) >= 11 is 0. The van der Waals surface area contributed by atoms with E-state index in [0.717, 1.165) is 0 Å². The van der Waals surface area contributed by atoms with E-state index >= 15 is 0 Å². The van der Waals surface area contributed by atoms with Gasteiger partial charge in [-0.2, -0.15) is 26.3 Å². The van der Waals surface area contributed by atoms with E-state index in [0.29, 0.717) is 0 Å². The third kappa shape index (κ3) is 6.66. The van der Waals surface area contributed by atoms with Crippen LogP contribution in [0.1, 0.15) is 43.5 Å². The van der Waals surface area contributed by atoms with Gasteiger partial charge in [0.2, 0.25) is 0 Å². The third-order valence-corrected chi connectivity index (χ3v) is 5.62. The number of hydrogen-bond donors (Lipinski definition) is 1. The minimum Gasteiger partial charge on any atom is -0.657 e. The first-order valence-electron chi connectivity index (χ1n) is 11.5. The van der Waals surface area contributed by atoms with Gasteiger partial charge in [-0.1, -0.05) is 30.3 Å². The molecule has 3 aromatic rings. The van der Waals surface area contributed by atoms with Crippen molar-refractivity contribution in [3.8, 4) is 0 Å². The van der Waals surface area contributed by atoms with Gasteiger partial charge in [-0.15, -0.1) is 22.1 Å². The zero-order valence-corrected chi connectivity index (χ0v) is 21.9. The fourth-order valence-electron chi connectivity index (χ4n) is 3.90. The van der Waals surface area contributed by atoms with Crippen molar-refractivity contribution < 1.29 is 62.5 Å². The first-order chi connectivity index (χ1) is 19.3. The molecule has 0 amide bonds. The number of fused-ring (bicyclic) bond motifs is 8. The van der Waals surface area contributed by atoms with E-state index in [2.05, 4.69) is 29.4 Å². The SMILES string of the molecule is Nc1c2nc(c(C(=O)OCC(F)(F)F)c3ccc(cc4nc(c(C(=O)OCC(F)(F)F)c5ccc1[n-]5)C=C4)[n-]3)C=C2.[Mn+3]. The first-order valence-corrected chi connectivity index (χ1v) is 11.5. The summed E-state index contributed by atoms with van der Waals surface area (Å²) in [6.45, 7) is -3.66. The van der Waals surface area contributed by atoms with Crippen LogP contribution in [0, 0.1) is 0 Å². The summed E-state index contributed by atoms with van der Waals surface area (Å²) in [4.78, 5) is 42.6. The number of carbonyl (C=O) groups is 2. The smallest absolute Gasteiger partial charge is 0.657 e. The van der Waals surface area contributed by atoms with E-state index < -0.39 is 37.5 Å². The molecule has 2 aliphatic heterocycles. The molecule has 216 valence electrons. The van der Waals surface area contributed by atoms with E-state index in [9.17, 15) is 35.9 Å². The Morgan fingerprint density at radius 3 is 1.83 bits per heavy atom. The van der Waals surface area contributed by atoms with E-state index in [4.69, 9.17) is 5.73 Å². The minimum absolute atomic E-state index is 0. The second-order valence-corrected chi connectivity index (χ2v) is 8.63. The molecule has 5 rings (SSSR count). The van der Waals surface area contributed by atoms with Crippen molar-refractivity contribution in [3.63, 3.8) is 0 Å². The van der Waals surface area contributed by atoms with Gasteiger partial charge in [0.05, 0.1) is 33.9 Å². The molecule has 5 heterocycles. The number of alkyl halides is 6.